The molecule has 0 heterocycles. The Hall–Kier alpha value is -1.56. The third kappa shape index (κ3) is 7.82. The molecule has 2 aromatic rings. The molecule has 0 N–H and O–H groups in total. The molecule has 0 saturated carbocycles. The predicted molar refractivity (Wildman–Crippen MR) is 127 cm³/mol. The summed E-state index contributed by atoms with van der Waals surface area (Å²) in [4.78, 5) is 0. The van der Waals surface area contributed by atoms with Gasteiger partial charge in [-0.15, -0.1) is 0 Å². The van der Waals surface area contributed by atoms with Gasteiger partial charge in [0.2, 0.25) is 0 Å². The zero-order chi connectivity index (χ0) is 21.8. The largest absolute Gasteiger partial charge is 0.0622 e. The van der Waals surface area contributed by atoms with Gasteiger partial charge in [-0.1, -0.05) is 131 Å². The Morgan fingerprint density at radius 2 is 0.929 bits per heavy atom. The molecule has 1 aliphatic rings. The summed E-state index contributed by atoms with van der Waals surface area (Å²) in [5.41, 5.74) is 5.86. The van der Waals surface area contributed by atoms with Gasteiger partial charge in [0.25, 0.3) is 0 Å². The van der Waals surface area contributed by atoms with Crippen LogP contribution in [0, 0.1) is 10.8 Å². The first-order valence-corrected chi connectivity index (χ1v) is 10.7. The van der Waals surface area contributed by atoms with Gasteiger partial charge in [0.15, 0.2) is 0 Å². The first-order valence-electron chi connectivity index (χ1n) is 10.7. The maximum atomic E-state index is 2.38. The van der Waals surface area contributed by atoms with E-state index >= 15 is 0 Å². The lowest BCUT2D eigenvalue weighted by Gasteiger charge is -2.28. The smallest absolute Gasteiger partial charge is 0.0185 e. The van der Waals surface area contributed by atoms with Crippen LogP contribution in [0.5, 0.6) is 0 Å². The van der Waals surface area contributed by atoms with Gasteiger partial charge >= 0.3 is 0 Å². The van der Waals surface area contributed by atoms with Crippen LogP contribution in [-0.2, 0) is 10.8 Å². The van der Waals surface area contributed by atoms with Crippen molar-refractivity contribution in [2.75, 3.05) is 0 Å². The lowest BCUT2D eigenvalue weighted by molar-refractivity contribution is 0.425. The molecule has 0 nitrogen and oxygen atoms in total. The van der Waals surface area contributed by atoms with Gasteiger partial charge in [-0.05, 0) is 39.4 Å². The summed E-state index contributed by atoms with van der Waals surface area (Å²) in [5, 5.41) is 0. The number of benzene rings is 2. The minimum absolute atomic E-state index is 0.154. The molecule has 2 aromatic carbocycles. The molecule has 0 amide bonds. The first-order chi connectivity index (χ1) is 12.5. The molecule has 0 aliphatic heterocycles. The van der Waals surface area contributed by atoms with Gasteiger partial charge in [0.1, 0.15) is 0 Å². The SMILES string of the molecule is CC(C)(C)C.CC(C)(C)C.CC1(C)CC(C)(c2ccccc2)c2ccccc21. The van der Waals surface area contributed by atoms with Gasteiger partial charge in [-0.3, -0.25) is 0 Å². The highest BCUT2D eigenvalue weighted by molar-refractivity contribution is 5.51. The number of fused-ring (bicyclic) bond motifs is 1. The molecular weight excluding hydrogens is 336 g/mol. The van der Waals surface area contributed by atoms with Crippen molar-refractivity contribution in [3.8, 4) is 0 Å². The van der Waals surface area contributed by atoms with Crippen molar-refractivity contribution in [3.63, 3.8) is 0 Å². The molecule has 0 saturated heterocycles. The molecule has 1 atom stereocenters. The van der Waals surface area contributed by atoms with Crippen LogP contribution in [0.1, 0.15) is 99.3 Å². The van der Waals surface area contributed by atoms with Crippen molar-refractivity contribution in [3.05, 3.63) is 71.3 Å². The van der Waals surface area contributed by atoms with E-state index in [2.05, 4.69) is 131 Å². The summed E-state index contributed by atoms with van der Waals surface area (Å²) in [6.45, 7) is 24.6. The topological polar surface area (TPSA) is 0 Å². The molecule has 0 aromatic heterocycles. The summed E-state index contributed by atoms with van der Waals surface area (Å²) in [6.07, 6.45) is 1.18. The molecule has 1 unspecified atom stereocenters. The van der Waals surface area contributed by atoms with E-state index in [-0.39, 0.29) is 10.8 Å². The van der Waals surface area contributed by atoms with Crippen LogP contribution in [-0.4, -0.2) is 0 Å². The second kappa shape index (κ2) is 8.85. The predicted octanol–water partition coefficient (Wildman–Crippen LogP) is 8.78. The molecule has 0 bridgehead atoms. The molecule has 0 fully saturated rings. The van der Waals surface area contributed by atoms with Crippen molar-refractivity contribution in [2.45, 2.75) is 93.4 Å². The van der Waals surface area contributed by atoms with E-state index in [1.165, 1.54) is 23.1 Å². The fourth-order valence-electron chi connectivity index (χ4n) is 3.69. The van der Waals surface area contributed by atoms with E-state index in [0.29, 0.717) is 10.8 Å². The fraction of sp³-hybridized carbons (Fsp3) is 0.571. The van der Waals surface area contributed by atoms with E-state index in [4.69, 9.17) is 0 Å². The van der Waals surface area contributed by atoms with Crippen molar-refractivity contribution < 1.29 is 0 Å². The van der Waals surface area contributed by atoms with Crippen molar-refractivity contribution >= 4 is 0 Å². The highest BCUT2D eigenvalue weighted by Crippen LogP contribution is 2.52. The molecule has 156 valence electrons. The van der Waals surface area contributed by atoms with Crippen LogP contribution in [0.3, 0.4) is 0 Å². The first kappa shape index (κ1) is 24.5. The Balaban J connectivity index is 0.000000329. The van der Waals surface area contributed by atoms with Gasteiger partial charge in [0, 0.05) is 5.41 Å². The molecule has 3 rings (SSSR count). The van der Waals surface area contributed by atoms with Crippen molar-refractivity contribution in [2.24, 2.45) is 10.8 Å². The number of hydrogen-bond donors (Lipinski definition) is 0. The number of hydrogen-bond acceptors (Lipinski definition) is 0. The standard InChI is InChI=1S/C18H20.2C5H12/c1-17(2)13-18(3,14-9-5-4-6-10-14)16-12-8-7-11-15(16)17;2*1-5(2,3)4/h4-12H,13H2,1-3H3;2*1-4H3. The Bertz CT molecular complexity index is 699. The van der Waals surface area contributed by atoms with E-state index in [0.717, 1.165) is 0 Å². The molecule has 0 radical (unpaired) electrons. The van der Waals surface area contributed by atoms with Crippen LogP contribution in [0.2, 0.25) is 0 Å². The number of rotatable bonds is 1. The van der Waals surface area contributed by atoms with E-state index in [9.17, 15) is 0 Å². The maximum absolute atomic E-state index is 2.38. The lowest BCUT2D eigenvalue weighted by atomic mass is 9.75. The Kier molecular flexibility index (Phi) is 7.74. The van der Waals surface area contributed by atoms with Gasteiger partial charge in [-0.25, -0.2) is 0 Å². The van der Waals surface area contributed by atoms with Crippen molar-refractivity contribution in [1.82, 2.24) is 0 Å². The average Bonchev–Trinajstić information content (AvgIpc) is 2.73. The molecule has 28 heavy (non-hydrogen) atoms. The summed E-state index contributed by atoms with van der Waals surface area (Å²) < 4.78 is 0. The molecule has 0 heteroatoms. The minimum Gasteiger partial charge on any atom is -0.0622 e. The maximum Gasteiger partial charge on any atom is 0.0185 e. The fourth-order valence-corrected chi connectivity index (χ4v) is 3.69. The van der Waals surface area contributed by atoms with Crippen LogP contribution < -0.4 is 0 Å². The summed E-state index contributed by atoms with van der Waals surface area (Å²) in [5.74, 6) is 0. The van der Waals surface area contributed by atoms with Gasteiger partial charge in [-0.2, -0.15) is 0 Å². The van der Waals surface area contributed by atoms with Crippen LogP contribution in [0.15, 0.2) is 54.6 Å². The highest BCUT2D eigenvalue weighted by atomic mass is 14.5. The zero-order valence-electron chi connectivity index (χ0n) is 20.4. The van der Waals surface area contributed by atoms with E-state index < -0.39 is 0 Å². The third-order valence-corrected chi connectivity index (χ3v) is 4.46. The Morgan fingerprint density at radius 1 is 0.571 bits per heavy atom. The average molecular weight is 381 g/mol. The monoisotopic (exact) mass is 380 g/mol. The van der Waals surface area contributed by atoms with Gasteiger partial charge in [0.05, 0.1) is 0 Å². The summed E-state index contributed by atoms with van der Waals surface area (Å²) >= 11 is 0. The Morgan fingerprint density at radius 3 is 1.36 bits per heavy atom. The van der Waals surface area contributed by atoms with Crippen molar-refractivity contribution in [1.29, 1.82) is 0 Å². The summed E-state index contributed by atoms with van der Waals surface area (Å²) in [6, 6.07) is 19.8. The second-order valence-corrected chi connectivity index (χ2v) is 12.3. The quantitative estimate of drug-likeness (QED) is 0.463. The minimum atomic E-state index is 0.154. The normalized spacial score (nSPS) is 20.2. The highest BCUT2D eigenvalue weighted by Gasteiger charge is 2.45. The molecular formula is C28H44. The zero-order valence-corrected chi connectivity index (χ0v) is 20.4. The third-order valence-electron chi connectivity index (χ3n) is 4.46. The van der Waals surface area contributed by atoms with Crippen LogP contribution >= 0.6 is 0 Å². The molecule has 1 aliphatic carbocycles. The van der Waals surface area contributed by atoms with Crippen LogP contribution in [0.25, 0.3) is 0 Å². The summed E-state index contributed by atoms with van der Waals surface area (Å²) in [7, 11) is 0. The van der Waals surface area contributed by atoms with E-state index in [1.54, 1.807) is 0 Å². The van der Waals surface area contributed by atoms with E-state index in [1.807, 2.05) is 0 Å². The Labute approximate surface area is 175 Å². The second-order valence-electron chi connectivity index (χ2n) is 12.3. The van der Waals surface area contributed by atoms with Crippen LogP contribution in [0.4, 0.5) is 0 Å². The lowest BCUT2D eigenvalue weighted by Crippen LogP contribution is -2.23. The molecule has 0 spiro atoms. The van der Waals surface area contributed by atoms with Gasteiger partial charge < -0.3 is 0 Å².